The van der Waals surface area contributed by atoms with Crippen molar-refractivity contribution in [2.45, 2.75) is 19.3 Å². The molecule has 1 aromatic rings. The molecule has 0 bridgehead atoms. The molecule has 18 heavy (non-hydrogen) atoms. The van der Waals surface area contributed by atoms with E-state index in [0.29, 0.717) is 13.2 Å². The van der Waals surface area contributed by atoms with Crippen molar-refractivity contribution in [3.63, 3.8) is 0 Å². The largest absolute Gasteiger partial charge is 0.447 e. The van der Waals surface area contributed by atoms with Gasteiger partial charge >= 0.3 is 6.09 Å². The van der Waals surface area contributed by atoms with Gasteiger partial charge in [-0.3, -0.25) is 4.90 Å². The average molecular weight is 248 g/mol. The molecule has 0 aliphatic carbocycles. The number of rotatable bonds is 1. The smallest absolute Gasteiger partial charge is 0.414 e. The van der Waals surface area contributed by atoms with Crippen LogP contribution in [0.1, 0.15) is 19.3 Å². The van der Waals surface area contributed by atoms with Crippen molar-refractivity contribution in [1.29, 1.82) is 0 Å². The number of carbonyl (C=O) groups excluding carboxylic acids is 1. The van der Waals surface area contributed by atoms with Gasteiger partial charge in [-0.15, -0.1) is 0 Å². The van der Waals surface area contributed by atoms with Gasteiger partial charge in [0.15, 0.2) is 0 Å². The topological polar surface area (TPSA) is 41.6 Å². The summed E-state index contributed by atoms with van der Waals surface area (Å²) in [6.07, 6.45) is 3.97. The molecule has 0 unspecified atom stereocenters. The number of hydrogen-bond acceptors (Lipinski definition) is 3. The zero-order chi connectivity index (χ0) is 12.6. The number of anilines is 1. The lowest BCUT2D eigenvalue weighted by atomic mass is 10.2. The normalized spacial score (nSPS) is 18.9. The molecule has 2 aliphatic heterocycles. The Morgan fingerprint density at radius 3 is 2.22 bits per heavy atom. The van der Waals surface area contributed by atoms with Crippen molar-refractivity contribution in [1.82, 2.24) is 5.32 Å². The summed E-state index contributed by atoms with van der Waals surface area (Å²) in [6.45, 7) is 3.65. The standard InChI is InChI=1S/C9H9NO2.C5H11N/c11-9-10(6-7-12-9)8-4-2-1-3-5-8;1-2-4-6-5-3-1/h1-5H,6-7H2;6H,1-5H2. The van der Waals surface area contributed by atoms with Crippen LogP contribution in [0.25, 0.3) is 0 Å². The number of benzene rings is 1. The number of ether oxygens (including phenoxy) is 1. The maximum Gasteiger partial charge on any atom is 0.414 e. The molecule has 0 aromatic heterocycles. The third-order valence-corrected chi connectivity index (χ3v) is 3.04. The molecule has 1 amide bonds. The second kappa shape index (κ2) is 7.01. The van der Waals surface area contributed by atoms with E-state index in [1.807, 2.05) is 30.3 Å². The van der Waals surface area contributed by atoms with Crippen LogP contribution < -0.4 is 10.2 Å². The van der Waals surface area contributed by atoms with Gasteiger partial charge in [-0.05, 0) is 38.1 Å². The van der Waals surface area contributed by atoms with Crippen LogP contribution in [0.15, 0.2) is 30.3 Å². The van der Waals surface area contributed by atoms with Crippen LogP contribution in [0.2, 0.25) is 0 Å². The lowest BCUT2D eigenvalue weighted by Gasteiger charge is -2.11. The third-order valence-electron chi connectivity index (χ3n) is 3.04. The van der Waals surface area contributed by atoms with Gasteiger partial charge in [-0.25, -0.2) is 4.79 Å². The highest BCUT2D eigenvalue weighted by atomic mass is 16.6. The maximum absolute atomic E-state index is 11.1. The molecular weight excluding hydrogens is 228 g/mol. The molecule has 4 heteroatoms. The van der Waals surface area contributed by atoms with Gasteiger partial charge in [-0.2, -0.15) is 0 Å². The second-order valence-electron chi connectivity index (χ2n) is 4.41. The number of nitrogens with one attached hydrogen (secondary N) is 1. The number of piperidine rings is 1. The summed E-state index contributed by atoms with van der Waals surface area (Å²) in [5, 5.41) is 3.28. The number of carbonyl (C=O) groups is 1. The van der Waals surface area contributed by atoms with Crippen molar-refractivity contribution in [3.05, 3.63) is 30.3 Å². The van der Waals surface area contributed by atoms with Crippen molar-refractivity contribution in [2.24, 2.45) is 0 Å². The fraction of sp³-hybridized carbons (Fsp3) is 0.500. The second-order valence-corrected chi connectivity index (χ2v) is 4.41. The van der Waals surface area contributed by atoms with Gasteiger partial charge < -0.3 is 10.1 Å². The Labute approximate surface area is 108 Å². The molecule has 0 saturated carbocycles. The highest BCUT2D eigenvalue weighted by Gasteiger charge is 2.22. The van der Waals surface area contributed by atoms with E-state index in [1.165, 1.54) is 32.4 Å². The van der Waals surface area contributed by atoms with Crippen LogP contribution in [0.3, 0.4) is 0 Å². The summed E-state index contributed by atoms with van der Waals surface area (Å²) >= 11 is 0. The monoisotopic (exact) mass is 248 g/mol. The first kappa shape index (κ1) is 12.9. The molecule has 98 valence electrons. The van der Waals surface area contributed by atoms with Gasteiger partial charge in [0.05, 0.1) is 6.54 Å². The summed E-state index contributed by atoms with van der Waals surface area (Å²) < 4.78 is 4.81. The number of nitrogens with zero attached hydrogens (tertiary/aromatic N) is 1. The minimum Gasteiger partial charge on any atom is -0.447 e. The Hall–Kier alpha value is -1.55. The van der Waals surface area contributed by atoms with Crippen LogP contribution in [-0.2, 0) is 4.74 Å². The maximum atomic E-state index is 11.1. The lowest BCUT2D eigenvalue weighted by molar-refractivity contribution is 0.181. The summed E-state index contributed by atoms with van der Waals surface area (Å²) in [6, 6.07) is 9.52. The number of hydrogen-bond donors (Lipinski definition) is 1. The fourth-order valence-electron chi connectivity index (χ4n) is 2.04. The van der Waals surface area contributed by atoms with E-state index >= 15 is 0 Å². The van der Waals surface area contributed by atoms with Crippen LogP contribution in [0.5, 0.6) is 0 Å². The first-order valence-corrected chi connectivity index (χ1v) is 6.58. The molecule has 0 atom stereocenters. The van der Waals surface area contributed by atoms with Crippen molar-refractivity contribution >= 4 is 11.8 Å². The van der Waals surface area contributed by atoms with E-state index < -0.39 is 0 Å². The molecule has 3 rings (SSSR count). The highest BCUT2D eigenvalue weighted by Crippen LogP contribution is 2.16. The van der Waals surface area contributed by atoms with Gasteiger partial charge in [0, 0.05) is 5.69 Å². The quantitative estimate of drug-likeness (QED) is 0.829. The predicted octanol–water partition coefficient (Wildman–Crippen LogP) is 2.40. The Morgan fingerprint density at radius 2 is 1.78 bits per heavy atom. The predicted molar refractivity (Wildman–Crippen MR) is 71.9 cm³/mol. The molecule has 0 spiro atoms. The number of amides is 1. The zero-order valence-corrected chi connectivity index (χ0v) is 10.6. The summed E-state index contributed by atoms with van der Waals surface area (Å²) in [5.41, 5.74) is 0.903. The number of cyclic esters (lactones) is 1. The lowest BCUT2D eigenvalue weighted by Crippen LogP contribution is -2.22. The average Bonchev–Trinajstić information content (AvgIpc) is 2.89. The van der Waals surface area contributed by atoms with E-state index in [1.54, 1.807) is 4.90 Å². The van der Waals surface area contributed by atoms with E-state index in [-0.39, 0.29) is 6.09 Å². The molecule has 2 heterocycles. The Kier molecular flexibility index (Phi) is 5.02. The molecule has 2 saturated heterocycles. The molecule has 1 aromatic carbocycles. The zero-order valence-electron chi connectivity index (χ0n) is 10.6. The third kappa shape index (κ3) is 3.74. The van der Waals surface area contributed by atoms with E-state index in [9.17, 15) is 4.79 Å². The van der Waals surface area contributed by atoms with Crippen molar-refractivity contribution in [2.75, 3.05) is 31.1 Å². The number of para-hydroxylation sites is 1. The van der Waals surface area contributed by atoms with Gasteiger partial charge in [-0.1, -0.05) is 24.6 Å². The molecule has 1 N–H and O–H groups in total. The summed E-state index contributed by atoms with van der Waals surface area (Å²) in [7, 11) is 0. The first-order chi connectivity index (χ1) is 8.88. The minimum atomic E-state index is -0.249. The van der Waals surface area contributed by atoms with Gasteiger partial charge in [0.25, 0.3) is 0 Å². The Balaban J connectivity index is 0.000000169. The molecule has 2 fully saturated rings. The summed E-state index contributed by atoms with van der Waals surface area (Å²) in [4.78, 5) is 12.7. The van der Waals surface area contributed by atoms with Crippen LogP contribution in [-0.4, -0.2) is 32.3 Å². The van der Waals surface area contributed by atoms with E-state index in [0.717, 1.165) is 5.69 Å². The van der Waals surface area contributed by atoms with Crippen LogP contribution in [0, 0.1) is 0 Å². The van der Waals surface area contributed by atoms with Gasteiger partial charge in [0.1, 0.15) is 6.61 Å². The van der Waals surface area contributed by atoms with E-state index in [4.69, 9.17) is 4.74 Å². The van der Waals surface area contributed by atoms with Gasteiger partial charge in [0.2, 0.25) is 0 Å². The Morgan fingerprint density at radius 1 is 1.06 bits per heavy atom. The van der Waals surface area contributed by atoms with Crippen LogP contribution >= 0.6 is 0 Å². The fourth-order valence-corrected chi connectivity index (χ4v) is 2.04. The minimum absolute atomic E-state index is 0.249. The van der Waals surface area contributed by atoms with E-state index in [2.05, 4.69) is 5.32 Å². The molecular formula is C14H20N2O2. The van der Waals surface area contributed by atoms with Crippen molar-refractivity contribution in [3.8, 4) is 0 Å². The molecule has 0 radical (unpaired) electrons. The first-order valence-electron chi connectivity index (χ1n) is 6.58. The Bertz CT molecular complexity index is 352. The SMILES string of the molecule is C1CCNCC1.O=C1OCCN1c1ccccc1. The van der Waals surface area contributed by atoms with Crippen LogP contribution in [0.4, 0.5) is 10.5 Å². The molecule has 2 aliphatic rings. The van der Waals surface area contributed by atoms with Crippen molar-refractivity contribution < 1.29 is 9.53 Å². The summed E-state index contributed by atoms with van der Waals surface area (Å²) in [5.74, 6) is 0. The highest BCUT2D eigenvalue weighted by molar-refractivity contribution is 5.89. The molecule has 4 nitrogen and oxygen atoms in total.